The predicted octanol–water partition coefficient (Wildman–Crippen LogP) is 0.481. The Morgan fingerprint density at radius 1 is 1.50 bits per heavy atom. The van der Waals surface area contributed by atoms with E-state index >= 15 is 0 Å². The maximum absolute atomic E-state index is 8.81. The van der Waals surface area contributed by atoms with Crippen LogP contribution in [0.1, 0.15) is 11.1 Å². The van der Waals surface area contributed by atoms with E-state index in [9.17, 15) is 0 Å². The zero-order valence-corrected chi connectivity index (χ0v) is 7.17. The van der Waals surface area contributed by atoms with Crippen molar-refractivity contribution < 1.29 is 5.11 Å². The highest BCUT2D eigenvalue weighted by Crippen LogP contribution is 2.13. The van der Waals surface area contributed by atoms with Crippen LogP contribution in [-0.2, 0) is 13.2 Å². The van der Waals surface area contributed by atoms with Gasteiger partial charge < -0.3 is 16.2 Å². The van der Waals surface area contributed by atoms with Gasteiger partial charge in [0.25, 0.3) is 0 Å². The molecule has 0 atom stereocenters. The average Bonchev–Trinajstić information content (AvgIpc) is 2.09. The van der Waals surface area contributed by atoms with Crippen molar-refractivity contribution in [2.24, 2.45) is 0 Å². The Labute approximate surface area is 72.2 Å². The molecule has 0 aromatic heterocycles. The fourth-order valence-corrected chi connectivity index (χ4v) is 1.09. The largest absolute Gasteiger partial charge is 0.398 e. The van der Waals surface area contributed by atoms with E-state index in [0.29, 0.717) is 0 Å². The SMILES string of the molecule is CNCc1ccc(CO)cc1N. The summed E-state index contributed by atoms with van der Waals surface area (Å²) in [6, 6.07) is 5.60. The summed E-state index contributed by atoms with van der Waals surface area (Å²) in [4.78, 5) is 0. The van der Waals surface area contributed by atoms with Gasteiger partial charge >= 0.3 is 0 Å². The van der Waals surface area contributed by atoms with Gasteiger partial charge in [-0.05, 0) is 24.2 Å². The quantitative estimate of drug-likeness (QED) is 0.572. The van der Waals surface area contributed by atoms with E-state index in [2.05, 4.69) is 5.32 Å². The molecule has 0 radical (unpaired) electrons. The molecule has 0 amide bonds. The Bertz CT molecular complexity index is 261. The monoisotopic (exact) mass is 166 g/mol. The number of nitrogens with two attached hydrogens (primary N) is 1. The van der Waals surface area contributed by atoms with Gasteiger partial charge in [0.05, 0.1) is 6.61 Å². The van der Waals surface area contributed by atoms with Gasteiger partial charge in [0, 0.05) is 12.2 Å². The van der Waals surface area contributed by atoms with Crippen LogP contribution in [0, 0.1) is 0 Å². The number of nitrogen functional groups attached to an aromatic ring is 1. The van der Waals surface area contributed by atoms with Crippen LogP contribution >= 0.6 is 0 Å². The number of anilines is 1. The van der Waals surface area contributed by atoms with E-state index in [1.807, 2.05) is 19.2 Å². The molecule has 0 saturated carbocycles. The van der Waals surface area contributed by atoms with Crippen LogP contribution in [0.3, 0.4) is 0 Å². The van der Waals surface area contributed by atoms with Crippen LogP contribution in [0.15, 0.2) is 18.2 Å². The number of aliphatic hydroxyl groups is 1. The molecule has 3 heteroatoms. The summed E-state index contributed by atoms with van der Waals surface area (Å²) < 4.78 is 0. The highest BCUT2D eigenvalue weighted by atomic mass is 16.3. The first-order chi connectivity index (χ1) is 5.77. The molecular weight excluding hydrogens is 152 g/mol. The molecule has 0 aliphatic carbocycles. The molecule has 0 fully saturated rings. The molecule has 0 spiro atoms. The lowest BCUT2D eigenvalue weighted by atomic mass is 10.1. The van der Waals surface area contributed by atoms with Gasteiger partial charge in [-0.2, -0.15) is 0 Å². The van der Waals surface area contributed by atoms with Crippen molar-refractivity contribution in [3.05, 3.63) is 29.3 Å². The number of nitrogens with one attached hydrogen (secondary N) is 1. The van der Waals surface area contributed by atoms with Crippen LogP contribution in [0.4, 0.5) is 5.69 Å². The van der Waals surface area contributed by atoms with Gasteiger partial charge in [0.2, 0.25) is 0 Å². The number of benzene rings is 1. The maximum atomic E-state index is 8.81. The molecule has 3 nitrogen and oxygen atoms in total. The zero-order chi connectivity index (χ0) is 8.97. The van der Waals surface area contributed by atoms with Crippen LogP contribution in [0.5, 0.6) is 0 Å². The average molecular weight is 166 g/mol. The van der Waals surface area contributed by atoms with Crippen LogP contribution in [0.25, 0.3) is 0 Å². The summed E-state index contributed by atoms with van der Waals surface area (Å²) in [7, 11) is 1.87. The summed E-state index contributed by atoms with van der Waals surface area (Å²) in [5.74, 6) is 0. The Morgan fingerprint density at radius 2 is 2.25 bits per heavy atom. The second kappa shape index (κ2) is 4.09. The normalized spacial score (nSPS) is 10.2. The highest BCUT2D eigenvalue weighted by molar-refractivity contribution is 5.48. The molecule has 0 heterocycles. The first-order valence-corrected chi connectivity index (χ1v) is 3.90. The second-order valence-electron chi connectivity index (χ2n) is 2.72. The van der Waals surface area contributed by atoms with E-state index in [1.54, 1.807) is 6.07 Å². The Balaban J connectivity index is 2.87. The summed E-state index contributed by atoms with van der Waals surface area (Å²) in [5, 5.41) is 11.8. The van der Waals surface area contributed by atoms with Crippen molar-refractivity contribution in [2.75, 3.05) is 12.8 Å². The van der Waals surface area contributed by atoms with Gasteiger partial charge in [-0.3, -0.25) is 0 Å². The summed E-state index contributed by atoms with van der Waals surface area (Å²) in [6.45, 7) is 0.807. The molecule has 0 unspecified atom stereocenters. The summed E-state index contributed by atoms with van der Waals surface area (Å²) in [6.07, 6.45) is 0. The highest BCUT2D eigenvalue weighted by Gasteiger charge is 1.98. The third-order valence-corrected chi connectivity index (χ3v) is 1.76. The van der Waals surface area contributed by atoms with Gasteiger partial charge in [-0.15, -0.1) is 0 Å². The number of rotatable bonds is 3. The lowest BCUT2D eigenvalue weighted by Gasteiger charge is -2.05. The van der Waals surface area contributed by atoms with E-state index in [1.165, 1.54) is 0 Å². The number of aliphatic hydroxyl groups excluding tert-OH is 1. The van der Waals surface area contributed by atoms with Crippen molar-refractivity contribution in [1.82, 2.24) is 5.32 Å². The van der Waals surface area contributed by atoms with Gasteiger partial charge in [0.15, 0.2) is 0 Å². The Hall–Kier alpha value is -1.06. The molecule has 4 N–H and O–H groups in total. The molecule has 12 heavy (non-hydrogen) atoms. The second-order valence-corrected chi connectivity index (χ2v) is 2.72. The van der Waals surface area contributed by atoms with E-state index in [4.69, 9.17) is 10.8 Å². The molecule has 66 valence electrons. The Morgan fingerprint density at radius 3 is 2.75 bits per heavy atom. The lowest BCUT2D eigenvalue weighted by Crippen LogP contribution is -2.07. The molecule has 0 aliphatic heterocycles. The van der Waals surface area contributed by atoms with Crippen LogP contribution < -0.4 is 11.1 Å². The first-order valence-electron chi connectivity index (χ1n) is 3.90. The van der Waals surface area contributed by atoms with Crippen molar-refractivity contribution in [2.45, 2.75) is 13.2 Å². The first kappa shape index (κ1) is 9.03. The molecule has 1 aromatic rings. The smallest absolute Gasteiger partial charge is 0.0682 e. The third kappa shape index (κ3) is 1.96. The molecule has 1 aromatic carbocycles. The minimum Gasteiger partial charge on any atom is -0.398 e. The molecule has 0 saturated heterocycles. The van der Waals surface area contributed by atoms with Gasteiger partial charge in [-0.1, -0.05) is 12.1 Å². The van der Waals surface area contributed by atoms with Crippen molar-refractivity contribution in [3.8, 4) is 0 Å². The number of hydrogen-bond donors (Lipinski definition) is 3. The minimum atomic E-state index is 0.0457. The summed E-state index contributed by atoms with van der Waals surface area (Å²) in [5.41, 5.74) is 8.38. The molecule has 0 aliphatic rings. The van der Waals surface area contributed by atoms with Crippen LogP contribution in [-0.4, -0.2) is 12.2 Å². The van der Waals surface area contributed by atoms with Gasteiger partial charge in [-0.25, -0.2) is 0 Å². The lowest BCUT2D eigenvalue weighted by molar-refractivity contribution is 0.282. The van der Waals surface area contributed by atoms with E-state index in [0.717, 1.165) is 23.4 Å². The fraction of sp³-hybridized carbons (Fsp3) is 0.333. The van der Waals surface area contributed by atoms with Crippen molar-refractivity contribution in [1.29, 1.82) is 0 Å². The topological polar surface area (TPSA) is 58.3 Å². The standard InChI is InChI=1S/C9H14N2O/c1-11-5-8-3-2-7(6-12)4-9(8)10/h2-4,11-12H,5-6,10H2,1H3. The summed E-state index contributed by atoms with van der Waals surface area (Å²) >= 11 is 0. The molecule has 1 rings (SSSR count). The molecule has 0 bridgehead atoms. The predicted molar refractivity (Wildman–Crippen MR) is 49.5 cm³/mol. The molecular formula is C9H14N2O. The maximum Gasteiger partial charge on any atom is 0.0682 e. The minimum absolute atomic E-state index is 0.0457. The van der Waals surface area contributed by atoms with E-state index < -0.39 is 0 Å². The van der Waals surface area contributed by atoms with E-state index in [-0.39, 0.29) is 6.61 Å². The number of hydrogen-bond acceptors (Lipinski definition) is 3. The van der Waals surface area contributed by atoms with Gasteiger partial charge in [0.1, 0.15) is 0 Å². The third-order valence-electron chi connectivity index (χ3n) is 1.76. The van der Waals surface area contributed by atoms with Crippen molar-refractivity contribution in [3.63, 3.8) is 0 Å². The zero-order valence-electron chi connectivity index (χ0n) is 7.17. The Kier molecular flexibility index (Phi) is 3.08. The van der Waals surface area contributed by atoms with Crippen molar-refractivity contribution >= 4 is 5.69 Å². The fourth-order valence-electron chi connectivity index (χ4n) is 1.09. The van der Waals surface area contributed by atoms with Crippen LogP contribution in [0.2, 0.25) is 0 Å².